The van der Waals surface area contributed by atoms with Gasteiger partial charge in [0.25, 0.3) is 15.9 Å². The van der Waals surface area contributed by atoms with Crippen LogP contribution in [0.1, 0.15) is 29.3 Å². The number of hydrogen-bond acceptors (Lipinski definition) is 4. The zero-order valence-electron chi connectivity index (χ0n) is 13.1. The van der Waals surface area contributed by atoms with Gasteiger partial charge in [0.2, 0.25) is 0 Å². The van der Waals surface area contributed by atoms with Crippen LogP contribution in [0.5, 0.6) is 0 Å². The highest BCUT2D eigenvalue weighted by Crippen LogP contribution is 2.26. The summed E-state index contributed by atoms with van der Waals surface area (Å²) in [5.41, 5.74) is 1.75. The summed E-state index contributed by atoms with van der Waals surface area (Å²) < 4.78 is 27.8. The van der Waals surface area contributed by atoms with Gasteiger partial charge in [0, 0.05) is 23.4 Å². The van der Waals surface area contributed by atoms with Gasteiger partial charge in [0.15, 0.2) is 5.84 Å². The SMILES string of the molecule is CCCNC(=O)c1ccc(NC2=NS(=O)(=O)c3ccccc32)cc1. The minimum absolute atomic E-state index is 0.130. The van der Waals surface area contributed by atoms with E-state index in [1.807, 2.05) is 6.92 Å². The Morgan fingerprint density at radius 3 is 2.50 bits per heavy atom. The Morgan fingerprint density at radius 2 is 1.79 bits per heavy atom. The highest BCUT2D eigenvalue weighted by Gasteiger charge is 2.28. The fourth-order valence-corrected chi connectivity index (χ4v) is 3.55. The third-order valence-electron chi connectivity index (χ3n) is 3.58. The van der Waals surface area contributed by atoms with Crippen molar-refractivity contribution in [3.05, 3.63) is 59.7 Å². The summed E-state index contributed by atoms with van der Waals surface area (Å²) in [5, 5.41) is 5.80. The molecule has 2 aromatic carbocycles. The maximum absolute atomic E-state index is 12.0. The summed E-state index contributed by atoms with van der Waals surface area (Å²) in [5.74, 6) is 0.156. The van der Waals surface area contributed by atoms with Gasteiger partial charge < -0.3 is 10.6 Å². The fraction of sp³-hybridized carbons (Fsp3) is 0.176. The summed E-state index contributed by atoms with van der Waals surface area (Å²) in [4.78, 5) is 12.1. The van der Waals surface area contributed by atoms with Crippen molar-refractivity contribution in [1.29, 1.82) is 0 Å². The van der Waals surface area contributed by atoms with E-state index in [9.17, 15) is 13.2 Å². The molecule has 1 amide bonds. The van der Waals surface area contributed by atoms with Crippen LogP contribution in [0.15, 0.2) is 57.8 Å². The largest absolute Gasteiger partial charge is 0.352 e. The van der Waals surface area contributed by atoms with Gasteiger partial charge >= 0.3 is 0 Å². The minimum atomic E-state index is -3.65. The third kappa shape index (κ3) is 3.16. The van der Waals surface area contributed by atoms with E-state index in [0.717, 1.165) is 6.42 Å². The zero-order chi connectivity index (χ0) is 17.2. The molecule has 0 unspecified atom stereocenters. The number of nitrogens with zero attached hydrogens (tertiary/aromatic N) is 1. The maximum atomic E-state index is 12.0. The highest BCUT2D eigenvalue weighted by molar-refractivity contribution is 7.90. The zero-order valence-corrected chi connectivity index (χ0v) is 13.9. The molecule has 1 aliphatic heterocycles. The van der Waals surface area contributed by atoms with Crippen molar-refractivity contribution in [2.45, 2.75) is 18.2 Å². The molecule has 0 fully saturated rings. The molecule has 0 atom stereocenters. The number of amides is 1. The van der Waals surface area contributed by atoms with Crippen molar-refractivity contribution in [3.63, 3.8) is 0 Å². The fourth-order valence-electron chi connectivity index (χ4n) is 2.38. The Bertz CT molecular complexity index is 903. The Kier molecular flexibility index (Phi) is 4.35. The van der Waals surface area contributed by atoms with Gasteiger partial charge in [-0.2, -0.15) is 8.42 Å². The van der Waals surface area contributed by atoms with Gasteiger partial charge in [0.1, 0.15) is 4.90 Å². The summed E-state index contributed by atoms with van der Waals surface area (Å²) in [6, 6.07) is 13.5. The van der Waals surface area contributed by atoms with E-state index < -0.39 is 10.0 Å². The number of amidine groups is 1. The van der Waals surface area contributed by atoms with Crippen molar-refractivity contribution >= 4 is 27.5 Å². The van der Waals surface area contributed by atoms with E-state index >= 15 is 0 Å². The number of rotatable bonds is 4. The first-order valence-corrected chi connectivity index (χ1v) is 9.05. The number of fused-ring (bicyclic) bond motifs is 1. The molecule has 24 heavy (non-hydrogen) atoms. The average molecular weight is 343 g/mol. The lowest BCUT2D eigenvalue weighted by atomic mass is 10.1. The van der Waals surface area contributed by atoms with Crippen LogP contribution in [-0.2, 0) is 10.0 Å². The first-order valence-electron chi connectivity index (χ1n) is 7.61. The second-order valence-corrected chi connectivity index (χ2v) is 6.94. The molecule has 0 saturated heterocycles. The molecule has 0 radical (unpaired) electrons. The standard InChI is InChI=1S/C17H17N3O3S/c1-2-11-18-17(21)12-7-9-13(10-8-12)19-16-14-5-3-4-6-15(14)24(22,23)20-16/h3-10H,2,11H2,1H3,(H,18,21)(H,19,20). The smallest absolute Gasteiger partial charge is 0.285 e. The predicted octanol–water partition coefficient (Wildman–Crippen LogP) is 2.39. The van der Waals surface area contributed by atoms with Gasteiger partial charge in [-0.3, -0.25) is 4.79 Å². The molecule has 124 valence electrons. The van der Waals surface area contributed by atoms with E-state index in [-0.39, 0.29) is 16.6 Å². The minimum Gasteiger partial charge on any atom is -0.352 e. The lowest BCUT2D eigenvalue weighted by Crippen LogP contribution is -2.23. The molecule has 1 aliphatic rings. The molecular formula is C17H17N3O3S. The molecule has 2 aromatic rings. The van der Waals surface area contributed by atoms with Gasteiger partial charge in [0.05, 0.1) is 0 Å². The molecule has 0 aliphatic carbocycles. The molecule has 0 bridgehead atoms. The Labute approximate surface area is 140 Å². The Balaban J connectivity index is 1.79. The second-order valence-electron chi connectivity index (χ2n) is 5.37. The number of benzene rings is 2. The summed E-state index contributed by atoms with van der Waals surface area (Å²) in [6.45, 7) is 2.62. The highest BCUT2D eigenvalue weighted by atomic mass is 32.2. The third-order valence-corrected chi connectivity index (χ3v) is 4.91. The number of hydrogen-bond donors (Lipinski definition) is 2. The van der Waals surface area contributed by atoms with Crippen molar-refractivity contribution < 1.29 is 13.2 Å². The van der Waals surface area contributed by atoms with E-state index in [4.69, 9.17) is 0 Å². The van der Waals surface area contributed by atoms with Crippen LogP contribution in [0.2, 0.25) is 0 Å². The molecule has 0 spiro atoms. The number of sulfonamides is 1. The topological polar surface area (TPSA) is 87.6 Å². The van der Waals surface area contributed by atoms with E-state index in [1.54, 1.807) is 42.5 Å². The first-order chi connectivity index (χ1) is 11.5. The van der Waals surface area contributed by atoms with Crippen LogP contribution >= 0.6 is 0 Å². The lowest BCUT2D eigenvalue weighted by Gasteiger charge is -2.08. The molecule has 3 rings (SSSR count). The number of carbonyl (C=O) groups excluding carboxylic acids is 1. The van der Waals surface area contributed by atoms with Gasteiger partial charge in [-0.15, -0.1) is 4.40 Å². The van der Waals surface area contributed by atoms with Crippen LogP contribution in [-0.4, -0.2) is 26.7 Å². The Hall–Kier alpha value is -2.67. The van der Waals surface area contributed by atoms with Crippen molar-refractivity contribution in [1.82, 2.24) is 5.32 Å². The number of nitrogens with one attached hydrogen (secondary N) is 2. The molecule has 2 N–H and O–H groups in total. The van der Waals surface area contributed by atoms with Gasteiger partial charge in [-0.1, -0.05) is 19.1 Å². The van der Waals surface area contributed by atoms with E-state index in [0.29, 0.717) is 23.4 Å². The summed E-state index contributed by atoms with van der Waals surface area (Å²) >= 11 is 0. The van der Waals surface area contributed by atoms with Crippen molar-refractivity contribution in [2.75, 3.05) is 11.9 Å². The molecule has 6 nitrogen and oxygen atoms in total. The van der Waals surface area contributed by atoms with Crippen LogP contribution < -0.4 is 10.6 Å². The predicted molar refractivity (Wildman–Crippen MR) is 92.9 cm³/mol. The summed E-state index contributed by atoms with van der Waals surface area (Å²) in [7, 11) is -3.65. The van der Waals surface area contributed by atoms with Crippen LogP contribution in [0.4, 0.5) is 5.69 Å². The first kappa shape index (κ1) is 16.2. The van der Waals surface area contributed by atoms with Gasteiger partial charge in [-0.25, -0.2) is 0 Å². The Morgan fingerprint density at radius 1 is 1.08 bits per heavy atom. The molecular weight excluding hydrogens is 326 g/mol. The molecule has 1 heterocycles. The van der Waals surface area contributed by atoms with Crippen molar-refractivity contribution in [2.24, 2.45) is 4.40 Å². The summed E-state index contributed by atoms with van der Waals surface area (Å²) in [6.07, 6.45) is 0.874. The number of anilines is 1. The van der Waals surface area contributed by atoms with Crippen LogP contribution in [0.25, 0.3) is 0 Å². The monoisotopic (exact) mass is 343 g/mol. The average Bonchev–Trinajstić information content (AvgIpc) is 2.84. The molecule has 0 saturated carbocycles. The van der Waals surface area contributed by atoms with Gasteiger partial charge in [-0.05, 0) is 42.8 Å². The second kappa shape index (κ2) is 6.45. The van der Waals surface area contributed by atoms with E-state index in [1.165, 1.54) is 6.07 Å². The lowest BCUT2D eigenvalue weighted by molar-refractivity contribution is 0.0953. The molecule has 7 heteroatoms. The van der Waals surface area contributed by atoms with E-state index in [2.05, 4.69) is 15.0 Å². The molecule has 0 aromatic heterocycles. The quantitative estimate of drug-likeness (QED) is 0.892. The normalized spacial score (nSPS) is 14.6. The van der Waals surface area contributed by atoms with Crippen LogP contribution in [0.3, 0.4) is 0 Å². The van der Waals surface area contributed by atoms with Crippen LogP contribution in [0, 0.1) is 0 Å². The number of carbonyl (C=O) groups is 1. The maximum Gasteiger partial charge on any atom is 0.285 e. The van der Waals surface area contributed by atoms with Crippen molar-refractivity contribution in [3.8, 4) is 0 Å².